The summed E-state index contributed by atoms with van der Waals surface area (Å²) in [4.78, 5) is 4.26. The van der Waals surface area contributed by atoms with Gasteiger partial charge in [0.2, 0.25) is 0 Å². The Morgan fingerprint density at radius 1 is 1.25 bits per heavy atom. The SMILES string of the molecule is C=C(\C=C/C(C(/C)=N\C)=C(/C)CC)C(C)C. The van der Waals surface area contributed by atoms with Gasteiger partial charge in [0.15, 0.2) is 0 Å². The summed E-state index contributed by atoms with van der Waals surface area (Å²) in [6.07, 6.45) is 5.30. The molecule has 0 aliphatic heterocycles. The van der Waals surface area contributed by atoms with Crippen LogP contribution in [-0.4, -0.2) is 12.8 Å². The van der Waals surface area contributed by atoms with E-state index in [1.807, 2.05) is 7.05 Å². The van der Waals surface area contributed by atoms with Crippen LogP contribution in [0.25, 0.3) is 0 Å². The third-order valence-corrected chi connectivity index (χ3v) is 2.92. The second kappa shape index (κ2) is 7.21. The molecule has 0 amide bonds. The number of hydrogen-bond acceptors (Lipinski definition) is 1. The molecule has 0 bridgehead atoms. The Balaban J connectivity index is 5.06. The fourth-order valence-corrected chi connectivity index (χ4v) is 1.27. The third-order valence-electron chi connectivity index (χ3n) is 2.92. The first kappa shape index (κ1) is 14.9. The second-order valence-electron chi connectivity index (χ2n) is 4.42. The number of nitrogens with zero attached hydrogens (tertiary/aromatic N) is 1. The number of hydrogen-bond donors (Lipinski definition) is 0. The Kier molecular flexibility index (Phi) is 6.71. The molecule has 0 radical (unpaired) electrons. The van der Waals surface area contributed by atoms with Crippen molar-refractivity contribution in [3.05, 3.63) is 35.5 Å². The van der Waals surface area contributed by atoms with Crippen LogP contribution >= 0.6 is 0 Å². The van der Waals surface area contributed by atoms with E-state index in [-0.39, 0.29) is 0 Å². The first-order valence-corrected chi connectivity index (χ1v) is 5.94. The van der Waals surface area contributed by atoms with Crippen LogP contribution < -0.4 is 0 Å². The Bertz CT molecular complexity index is 327. The molecule has 0 aromatic heterocycles. The molecule has 0 rings (SSSR count). The highest BCUT2D eigenvalue weighted by atomic mass is 14.7. The van der Waals surface area contributed by atoms with Crippen molar-refractivity contribution in [2.24, 2.45) is 10.9 Å². The van der Waals surface area contributed by atoms with Gasteiger partial charge in [0.1, 0.15) is 0 Å². The molecule has 0 aliphatic carbocycles. The highest BCUT2D eigenvalue weighted by molar-refractivity contribution is 6.01. The quantitative estimate of drug-likeness (QED) is 0.474. The zero-order valence-corrected chi connectivity index (χ0v) is 11.6. The molecule has 0 atom stereocenters. The molecule has 16 heavy (non-hydrogen) atoms. The van der Waals surface area contributed by atoms with E-state index in [0.717, 1.165) is 17.7 Å². The topological polar surface area (TPSA) is 12.4 Å². The smallest absolute Gasteiger partial charge is 0.0385 e. The van der Waals surface area contributed by atoms with E-state index in [9.17, 15) is 0 Å². The lowest BCUT2D eigenvalue weighted by Gasteiger charge is -2.08. The van der Waals surface area contributed by atoms with Crippen molar-refractivity contribution in [3.63, 3.8) is 0 Å². The van der Waals surface area contributed by atoms with Crippen LogP contribution in [0.4, 0.5) is 0 Å². The van der Waals surface area contributed by atoms with Gasteiger partial charge in [-0.25, -0.2) is 0 Å². The molecular weight excluding hydrogens is 194 g/mol. The molecule has 0 saturated heterocycles. The molecule has 1 nitrogen and oxygen atoms in total. The lowest BCUT2D eigenvalue weighted by molar-refractivity contribution is 0.795. The van der Waals surface area contributed by atoms with Crippen molar-refractivity contribution in [1.82, 2.24) is 0 Å². The zero-order chi connectivity index (χ0) is 12.7. The molecule has 0 unspecified atom stereocenters. The van der Waals surface area contributed by atoms with E-state index in [2.05, 4.69) is 58.3 Å². The van der Waals surface area contributed by atoms with Gasteiger partial charge >= 0.3 is 0 Å². The van der Waals surface area contributed by atoms with E-state index in [0.29, 0.717) is 5.92 Å². The van der Waals surface area contributed by atoms with Crippen LogP contribution in [0.5, 0.6) is 0 Å². The Hall–Kier alpha value is -1.11. The number of allylic oxidation sites excluding steroid dienone is 5. The van der Waals surface area contributed by atoms with Crippen LogP contribution in [0.3, 0.4) is 0 Å². The second-order valence-corrected chi connectivity index (χ2v) is 4.42. The first-order valence-electron chi connectivity index (χ1n) is 5.94. The Morgan fingerprint density at radius 2 is 1.81 bits per heavy atom. The first-order chi connectivity index (χ1) is 7.43. The molecule has 90 valence electrons. The average Bonchev–Trinajstić information content (AvgIpc) is 2.27. The molecular formula is C15H25N. The summed E-state index contributed by atoms with van der Waals surface area (Å²) in [5, 5.41) is 0. The summed E-state index contributed by atoms with van der Waals surface area (Å²) in [6, 6.07) is 0. The van der Waals surface area contributed by atoms with Crippen LogP contribution in [0.2, 0.25) is 0 Å². The van der Waals surface area contributed by atoms with E-state index < -0.39 is 0 Å². The third kappa shape index (κ3) is 4.61. The molecule has 0 aromatic carbocycles. The molecule has 0 spiro atoms. The van der Waals surface area contributed by atoms with Crippen LogP contribution in [0.15, 0.2) is 40.4 Å². The molecule has 0 heterocycles. The van der Waals surface area contributed by atoms with E-state index >= 15 is 0 Å². The monoisotopic (exact) mass is 219 g/mol. The lowest BCUT2D eigenvalue weighted by Crippen LogP contribution is -1.98. The number of rotatable bonds is 5. The normalized spacial score (nSPS) is 14.6. The van der Waals surface area contributed by atoms with Gasteiger partial charge in [0.25, 0.3) is 0 Å². The largest absolute Gasteiger partial charge is 0.293 e. The maximum Gasteiger partial charge on any atom is 0.0385 e. The van der Waals surface area contributed by atoms with E-state index in [1.165, 1.54) is 11.1 Å². The van der Waals surface area contributed by atoms with Gasteiger partial charge in [-0.15, -0.1) is 0 Å². The molecule has 0 fully saturated rings. The van der Waals surface area contributed by atoms with Gasteiger partial charge in [-0.3, -0.25) is 4.99 Å². The minimum atomic E-state index is 0.498. The van der Waals surface area contributed by atoms with Gasteiger partial charge in [-0.2, -0.15) is 0 Å². The van der Waals surface area contributed by atoms with Crippen LogP contribution in [0, 0.1) is 5.92 Å². The molecule has 0 aliphatic rings. The van der Waals surface area contributed by atoms with Crippen molar-refractivity contribution in [1.29, 1.82) is 0 Å². The fraction of sp³-hybridized carbons (Fsp3) is 0.533. The highest BCUT2D eigenvalue weighted by Gasteiger charge is 2.02. The van der Waals surface area contributed by atoms with Crippen LogP contribution in [0.1, 0.15) is 41.0 Å². The van der Waals surface area contributed by atoms with Gasteiger partial charge in [0, 0.05) is 12.8 Å². The van der Waals surface area contributed by atoms with Crippen molar-refractivity contribution < 1.29 is 0 Å². The molecule has 0 saturated carbocycles. The standard InChI is InChI=1S/C15H25N/c1-8-12(4)15(14(6)16-7)10-9-13(5)11(2)3/h9-11H,5,8H2,1-4,6-7H3/b10-9-,15-12+,16-14-. The van der Waals surface area contributed by atoms with Gasteiger partial charge in [0.05, 0.1) is 0 Å². The van der Waals surface area contributed by atoms with Crippen molar-refractivity contribution >= 4 is 5.71 Å². The highest BCUT2D eigenvalue weighted by Crippen LogP contribution is 2.15. The summed E-state index contributed by atoms with van der Waals surface area (Å²) >= 11 is 0. The van der Waals surface area contributed by atoms with Crippen LogP contribution in [-0.2, 0) is 0 Å². The predicted octanol–water partition coefficient (Wildman–Crippen LogP) is 4.57. The summed E-state index contributed by atoms with van der Waals surface area (Å²) in [7, 11) is 1.84. The fourth-order valence-electron chi connectivity index (χ4n) is 1.27. The van der Waals surface area contributed by atoms with Crippen molar-refractivity contribution in [3.8, 4) is 0 Å². The summed E-state index contributed by atoms with van der Waals surface area (Å²) in [5.74, 6) is 0.498. The average molecular weight is 219 g/mol. The van der Waals surface area contributed by atoms with Gasteiger partial charge in [-0.1, -0.05) is 50.6 Å². The van der Waals surface area contributed by atoms with E-state index in [1.54, 1.807) is 0 Å². The summed E-state index contributed by atoms with van der Waals surface area (Å²) in [5.41, 5.74) is 4.86. The van der Waals surface area contributed by atoms with Crippen molar-refractivity contribution in [2.75, 3.05) is 7.05 Å². The lowest BCUT2D eigenvalue weighted by atomic mass is 9.99. The summed E-state index contributed by atoms with van der Waals surface area (Å²) < 4.78 is 0. The minimum absolute atomic E-state index is 0.498. The molecule has 0 N–H and O–H groups in total. The zero-order valence-electron chi connectivity index (χ0n) is 11.6. The minimum Gasteiger partial charge on any atom is -0.293 e. The predicted molar refractivity (Wildman–Crippen MR) is 75.1 cm³/mol. The molecule has 1 heteroatoms. The van der Waals surface area contributed by atoms with Crippen molar-refractivity contribution in [2.45, 2.75) is 41.0 Å². The van der Waals surface area contributed by atoms with E-state index in [4.69, 9.17) is 0 Å². The Morgan fingerprint density at radius 3 is 2.19 bits per heavy atom. The van der Waals surface area contributed by atoms with Gasteiger partial charge in [-0.05, 0) is 31.8 Å². The summed E-state index contributed by atoms with van der Waals surface area (Å²) in [6.45, 7) is 14.7. The maximum atomic E-state index is 4.26. The molecule has 0 aromatic rings. The number of aliphatic imine (C=N–C) groups is 1. The maximum absolute atomic E-state index is 4.26. The van der Waals surface area contributed by atoms with Gasteiger partial charge < -0.3 is 0 Å². The Labute approximate surface area is 101 Å².